The molecule has 0 unspecified atom stereocenters. The topological polar surface area (TPSA) is 40.5 Å². The monoisotopic (exact) mass is 295 g/mol. The first-order chi connectivity index (χ1) is 8.93. The number of nitrogens with zero attached hydrogens (tertiary/aromatic N) is 1. The fourth-order valence-corrected chi connectivity index (χ4v) is 1.69. The van der Waals surface area contributed by atoms with E-state index >= 15 is 0 Å². The average molecular weight is 296 g/mol. The SMILES string of the molecule is CCN(CCCCl)C(=O)c1cc(F)c(F)c(O)c1F. The van der Waals surface area contributed by atoms with E-state index in [-0.39, 0.29) is 13.1 Å². The van der Waals surface area contributed by atoms with Crippen molar-refractivity contribution < 1.29 is 23.1 Å². The molecule has 0 spiro atoms. The molecule has 3 nitrogen and oxygen atoms in total. The lowest BCUT2D eigenvalue weighted by Crippen LogP contribution is -2.32. The van der Waals surface area contributed by atoms with Crippen LogP contribution in [0.2, 0.25) is 0 Å². The van der Waals surface area contributed by atoms with Gasteiger partial charge in [0.05, 0.1) is 5.56 Å². The number of carbonyl (C=O) groups is 1. The quantitative estimate of drug-likeness (QED) is 0.670. The van der Waals surface area contributed by atoms with E-state index in [2.05, 4.69) is 0 Å². The standard InChI is InChI=1S/C12H13ClF3NO2/c1-2-17(5-3-4-13)12(19)7-6-8(14)10(16)11(18)9(7)15/h6,18H,2-5H2,1H3. The number of hydrogen-bond acceptors (Lipinski definition) is 2. The van der Waals surface area contributed by atoms with Crippen LogP contribution < -0.4 is 0 Å². The molecule has 0 saturated heterocycles. The minimum Gasteiger partial charge on any atom is -0.503 e. The molecule has 0 aliphatic carbocycles. The number of phenols is 1. The Bertz CT molecular complexity index is 483. The summed E-state index contributed by atoms with van der Waals surface area (Å²) >= 11 is 5.49. The summed E-state index contributed by atoms with van der Waals surface area (Å²) in [5.41, 5.74) is -0.701. The van der Waals surface area contributed by atoms with E-state index in [1.54, 1.807) is 6.92 Å². The number of hydrogen-bond donors (Lipinski definition) is 1. The van der Waals surface area contributed by atoms with Crippen LogP contribution in [0.15, 0.2) is 6.07 Å². The van der Waals surface area contributed by atoms with Gasteiger partial charge in [-0.3, -0.25) is 4.79 Å². The molecule has 0 atom stereocenters. The van der Waals surface area contributed by atoms with Crippen LogP contribution in [-0.4, -0.2) is 34.9 Å². The summed E-state index contributed by atoms with van der Waals surface area (Å²) < 4.78 is 39.6. The zero-order chi connectivity index (χ0) is 14.6. The van der Waals surface area contributed by atoms with Gasteiger partial charge in [0.2, 0.25) is 5.82 Å². The van der Waals surface area contributed by atoms with Crippen molar-refractivity contribution in [2.24, 2.45) is 0 Å². The third-order valence-electron chi connectivity index (χ3n) is 2.59. The average Bonchev–Trinajstić information content (AvgIpc) is 2.41. The molecule has 106 valence electrons. The lowest BCUT2D eigenvalue weighted by atomic mass is 10.1. The summed E-state index contributed by atoms with van der Waals surface area (Å²) in [5, 5.41) is 9.07. The molecule has 0 heterocycles. The highest BCUT2D eigenvalue weighted by Gasteiger charge is 2.25. The van der Waals surface area contributed by atoms with Crippen LogP contribution in [-0.2, 0) is 0 Å². The lowest BCUT2D eigenvalue weighted by molar-refractivity contribution is 0.0758. The maximum absolute atomic E-state index is 13.6. The summed E-state index contributed by atoms with van der Waals surface area (Å²) in [7, 11) is 0. The van der Waals surface area contributed by atoms with Gasteiger partial charge in [0.15, 0.2) is 17.4 Å². The molecule has 0 radical (unpaired) electrons. The Morgan fingerprint density at radius 3 is 2.53 bits per heavy atom. The van der Waals surface area contributed by atoms with Crippen molar-refractivity contribution in [1.29, 1.82) is 0 Å². The van der Waals surface area contributed by atoms with E-state index in [1.165, 1.54) is 4.90 Å². The Balaban J connectivity index is 3.11. The summed E-state index contributed by atoms with van der Waals surface area (Å²) in [6.45, 7) is 2.18. The number of benzene rings is 1. The molecule has 1 N–H and O–H groups in total. The van der Waals surface area contributed by atoms with Gasteiger partial charge in [-0.2, -0.15) is 4.39 Å². The molecule has 0 fully saturated rings. The fourth-order valence-electron chi connectivity index (χ4n) is 1.57. The van der Waals surface area contributed by atoms with E-state index in [1.807, 2.05) is 0 Å². The molecule has 1 amide bonds. The second-order valence-electron chi connectivity index (χ2n) is 3.81. The number of phenolic OH excluding ortho intramolecular Hbond substituents is 1. The van der Waals surface area contributed by atoms with Gasteiger partial charge in [-0.15, -0.1) is 11.6 Å². The van der Waals surface area contributed by atoms with Crippen molar-refractivity contribution >= 4 is 17.5 Å². The molecule has 0 aromatic heterocycles. The molecule has 1 aromatic carbocycles. The molecular formula is C12H13ClF3NO2. The Labute approximate surface area is 113 Å². The minimum absolute atomic E-state index is 0.259. The lowest BCUT2D eigenvalue weighted by Gasteiger charge is -2.21. The highest BCUT2D eigenvalue weighted by atomic mass is 35.5. The Morgan fingerprint density at radius 1 is 1.37 bits per heavy atom. The van der Waals surface area contributed by atoms with Crippen LogP contribution in [0.5, 0.6) is 5.75 Å². The second-order valence-corrected chi connectivity index (χ2v) is 4.19. The van der Waals surface area contributed by atoms with Crippen molar-refractivity contribution in [2.45, 2.75) is 13.3 Å². The summed E-state index contributed by atoms with van der Waals surface area (Å²) in [5.74, 6) is -6.65. The summed E-state index contributed by atoms with van der Waals surface area (Å²) in [4.78, 5) is 13.2. The van der Waals surface area contributed by atoms with Crippen molar-refractivity contribution in [3.8, 4) is 5.75 Å². The zero-order valence-corrected chi connectivity index (χ0v) is 11.0. The van der Waals surface area contributed by atoms with Crippen LogP contribution in [0.4, 0.5) is 13.2 Å². The molecule has 1 aromatic rings. The zero-order valence-electron chi connectivity index (χ0n) is 10.2. The number of halogens is 4. The maximum atomic E-state index is 13.6. The number of carbonyl (C=O) groups excluding carboxylic acids is 1. The van der Waals surface area contributed by atoms with Crippen molar-refractivity contribution in [1.82, 2.24) is 4.90 Å². The highest BCUT2D eigenvalue weighted by Crippen LogP contribution is 2.26. The van der Waals surface area contributed by atoms with Crippen molar-refractivity contribution in [3.05, 3.63) is 29.1 Å². The van der Waals surface area contributed by atoms with E-state index in [9.17, 15) is 18.0 Å². The van der Waals surface area contributed by atoms with Gasteiger partial charge in [-0.05, 0) is 19.4 Å². The van der Waals surface area contributed by atoms with E-state index in [0.29, 0.717) is 18.4 Å². The van der Waals surface area contributed by atoms with Crippen molar-refractivity contribution in [3.63, 3.8) is 0 Å². The molecule has 19 heavy (non-hydrogen) atoms. The maximum Gasteiger partial charge on any atom is 0.257 e. The van der Waals surface area contributed by atoms with Gasteiger partial charge in [-0.25, -0.2) is 8.78 Å². The molecule has 0 bridgehead atoms. The first-order valence-corrected chi connectivity index (χ1v) is 6.19. The predicted octanol–water partition coefficient (Wildman–Crippen LogP) is 2.90. The fraction of sp³-hybridized carbons (Fsp3) is 0.417. The van der Waals surface area contributed by atoms with Gasteiger partial charge in [0, 0.05) is 19.0 Å². The number of rotatable bonds is 5. The Morgan fingerprint density at radius 2 is 2.00 bits per heavy atom. The van der Waals surface area contributed by atoms with Gasteiger partial charge in [0.1, 0.15) is 0 Å². The molecule has 7 heteroatoms. The summed E-state index contributed by atoms with van der Waals surface area (Å²) in [6.07, 6.45) is 0.485. The first-order valence-electron chi connectivity index (χ1n) is 5.65. The van der Waals surface area contributed by atoms with Crippen LogP contribution in [0.25, 0.3) is 0 Å². The van der Waals surface area contributed by atoms with Crippen LogP contribution in [0.3, 0.4) is 0 Å². The number of aromatic hydroxyl groups is 1. The van der Waals surface area contributed by atoms with Crippen LogP contribution in [0, 0.1) is 17.5 Å². The van der Waals surface area contributed by atoms with Crippen LogP contribution in [0.1, 0.15) is 23.7 Å². The van der Waals surface area contributed by atoms with Gasteiger partial charge in [-0.1, -0.05) is 0 Å². The number of amides is 1. The largest absolute Gasteiger partial charge is 0.503 e. The first kappa shape index (κ1) is 15.6. The van der Waals surface area contributed by atoms with Gasteiger partial charge >= 0.3 is 0 Å². The molecule has 0 aliphatic heterocycles. The Kier molecular flexibility index (Phi) is 5.47. The molecule has 1 rings (SSSR count). The molecular weight excluding hydrogens is 283 g/mol. The number of alkyl halides is 1. The van der Waals surface area contributed by atoms with Crippen LogP contribution >= 0.6 is 11.6 Å². The van der Waals surface area contributed by atoms with E-state index in [0.717, 1.165) is 0 Å². The van der Waals surface area contributed by atoms with Gasteiger partial charge < -0.3 is 10.0 Å². The third-order valence-corrected chi connectivity index (χ3v) is 2.86. The summed E-state index contributed by atoms with van der Waals surface area (Å²) in [6, 6.07) is 0.441. The predicted molar refractivity (Wildman–Crippen MR) is 64.9 cm³/mol. The highest BCUT2D eigenvalue weighted by molar-refractivity contribution is 6.17. The smallest absolute Gasteiger partial charge is 0.257 e. The van der Waals surface area contributed by atoms with E-state index < -0.39 is 34.7 Å². The normalized spacial score (nSPS) is 10.6. The third kappa shape index (κ3) is 3.32. The van der Waals surface area contributed by atoms with Crippen molar-refractivity contribution in [2.75, 3.05) is 19.0 Å². The van der Waals surface area contributed by atoms with Gasteiger partial charge in [0.25, 0.3) is 5.91 Å². The Hall–Kier alpha value is -1.43. The minimum atomic E-state index is -1.71. The molecule has 0 aliphatic rings. The second kappa shape index (κ2) is 6.65. The molecule has 0 saturated carbocycles. The van der Waals surface area contributed by atoms with E-state index in [4.69, 9.17) is 16.7 Å².